The van der Waals surface area contributed by atoms with E-state index in [9.17, 15) is 4.79 Å². The van der Waals surface area contributed by atoms with Crippen molar-refractivity contribution in [2.24, 2.45) is 0 Å². The molecule has 2 N–H and O–H groups in total. The highest BCUT2D eigenvalue weighted by Gasteiger charge is 2.14. The molecule has 0 unspecified atom stereocenters. The molecule has 5 nitrogen and oxygen atoms in total. The lowest BCUT2D eigenvalue weighted by atomic mass is 10.3. The smallest absolute Gasteiger partial charge is 0.260 e. The predicted octanol–water partition coefficient (Wildman–Crippen LogP) is 2.29. The highest BCUT2D eigenvalue weighted by atomic mass is 16.5. The average Bonchev–Trinajstić information content (AvgIpc) is 2.95. The molecule has 0 saturated heterocycles. The van der Waals surface area contributed by atoms with E-state index in [1.165, 1.54) is 0 Å². The van der Waals surface area contributed by atoms with Crippen molar-refractivity contribution in [2.45, 2.75) is 13.5 Å². The second-order valence-corrected chi connectivity index (χ2v) is 4.35. The second kappa shape index (κ2) is 6.65. The molecular weight excluding hydrogens is 256 g/mol. The van der Waals surface area contributed by atoms with Gasteiger partial charge in [-0.1, -0.05) is 6.07 Å². The van der Waals surface area contributed by atoms with Crippen molar-refractivity contribution in [3.8, 4) is 5.75 Å². The number of nitrogen functional groups attached to an aromatic ring is 1. The van der Waals surface area contributed by atoms with Gasteiger partial charge in [0, 0.05) is 18.3 Å². The summed E-state index contributed by atoms with van der Waals surface area (Å²) in [5.74, 6) is 1.25. The van der Waals surface area contributed by atoms with Crippen LogP contribution in [0.4, 0.5) is 5.69 Å². The van der Waals surface area contributed by atoms with E-state index in [1.807, 2.05) is 13.0 Å². The number of rotatable bonds is 6. The summed E-state index contributed by atoms with van der Waals surface area (Å²) in [6.45, 7) is 2.95. The number of likely N-dealkylation sites (N-methyl/N-ethyl adjacent to an activating group) is 1. The molecule has 5 heteroatoms. The molecule has 0 fully saturated rings. The van der Waals surface area contributed by atoms with Gasteiger partial charge in [0.25, 0.3) is 5.91 Å². The number of benzene rings is 1. The molecule has 106 valence electrons. The number of furan rings is 1. The summed E-state index contributed by atoms with van der Waals surface area (Å²) in [6.07, 6.45) is 1.59. The molecule has 0 spiro atoms. The molecule has 1 amide bonds. The fourth-order valence-electron chi connectivity index (χ4n) is 1.81. The van der Waals surface area contributed by atoms with E-state index in [2.05, 4.69) is 0 Å². The molecule has 1 aromatic heterocycles. The third kappa shape index (κ3) is 3.78. The van der Waals surface area contributed by atoms with Gasteiger partial charge in [0.1, 0.15) is 11.5 Å². The van der Waals surface area contributed by atoms with Gasteiger partial charge in [-0.3, -0.25) is 4.79 Å². The number of anilines is 1. The van der Waals surface area contributed by atoms with E-state index in [0.717, 1.165) is 5.76 Å². The van der Waals surface area contributed by atoms with Gasteiger partial charge in [-0.2, -0.15) is 0 Å². The maximum absolute atomic E-state index is 12.1. The minimum atomic E-state index is -0.0914. The molecule has 20 heavy (non-hydrogen) atoms. The Balaban J connectivity index is 1.89. The third-order valence-corrected chi connectivity index (χ3v) is 2.88. The van der Waals surface area contributed by atoms with Gasteiger partial charge in [0.05, 0.1) is 12.8 Å². The highest BCUT2D eigenvalue weighted by Crippen LogP contribution is 2.14. The first kappa shape index (κ1) is 14.0. The van der Waals surface area contributed by atoms with Gasteiger partial charge in [0.2, 0.25) is 0 Å². The lowest BCUT2D eigenvalue weighted by Gasteiger charge is -2.19. The summed E-state index contributed by atoms with van der Waals surface area (Å²) >= 11 is 0. The zero-order chi connectivity index (χ0) is 14.4. The Morgan fingerprint density at radius 1 is 1.35 bits per heavy atom. The summed E-state index contributed by atoms with van der Waals surface area (Å²) in [6, 6.07) is 10.7. The van der Waals surface area contributed by atoms with Crippen LogP contribution < -0.4 is 10.5 Å². The van der Waals surface area contributed by atoms with Crippen LogP contribution in [0.25, 0.3) is 0 Å². The van der Waals surface area contributed by atoms with Crippen LogP contribution in [0.3, 0.4) is 0 Å². The van der Waals surface area contributed by atoms with Crippen molar-refractivity contribution in [1.82, 2.24) is 4.90 Å². The van der Waals surface area contributed by atoms with Crippen LogP contribution >= 0.6 is 0 Å². The van der Waals surface area contributed by atoms with Crippen molar-refractivity contribution in [2.75, 3.05) is 18.9 Å². The van der Waals surface area contributed by atoms with Crippen molar-refractivity contribution < 1.29 is 13.9 Å². The molecule has 1 aromatic carbocycles. The first-order valence-corrected chi connectivity index (χ1v) is 6.47. The molecule has 0 bridgehead atoms. The predicted molar refractivity (Wildman–Crippen MR) is 76.1 cm³/mol. The summed E-state index contributed by atoms with van der Waals surface area (Å²) in [5.41, 5.74) is 6.26. The van der Waals surface area contributed by atoms with Crippen LogP contribution in [0, 0.1) is 0 Å². The van der Waals surface area contributed by atoms with Gasteiger partial charge >= 0.3 is 0 Å². The number of nitrogens with two attached hydrogens (primary N) is 1. The standard InChI is InChI=1S/C15H18N2O3/c1-2-17(10-14-7-4-8-19-14)15(18)11-20-13-6-3-5-12(16)9-13/h3-9H,2,10-11,16H2,1H3. The zero-order valence-corrected chi connectivity index (χ0v) is 11.4. The van der Waals surface area contributed by atoms with Crippen molar-refractivity contribution in [1.29, 1.82) is 0 Å². The SMILES string of the molecule is CCN(Cc1ccco1)C(=O)COc1cccc(N)c1. The zero-order valence-electron chi connectivity index (χ0n) is 11.4. The summed E-state index contributed by atoms with van der Waals surface area (Å²) in [5, 5.41) is 0. The second-order valence-electron chi connectivity index (χ2n) is 4.35. The van der Waals surface area contributed by atoms with E-state index in [4.69, 9.17) is 14.9 Å². The van der Waals surface area contributed by atoms with Crippen LogP contribution in [-0.2, 0) is 11.3 Å². The highest BCUT2D eigenvalue weighted by molar-refractivity contribution is 5.77. The lowest BCUT2D eigenvalue weighted by Crippen LogP contribution is -2.34. The number of nitrogens with zero attached hydrogens (tertiary/aromatic N) is 1. The van der Waals surface area contributed by atoms with E-state index in [-0.39, 0.29) is 12.5 Å². The average molecular weight is 274 g/mol. The van der Waals surface area contributed by atoms with E-state index in [1.54, 1.807) is 41.5 Å². The van der Waals surface area contributed by atoms with Gasteiger partial charge in [0.15, 0.2) is 6.61 Å². The summed E-state index contributed by atoms with van der Waals surface area (Å²) in [7, 11) is 0. The Kier molecular flexibility index (Phi) is 4.65. The lowest BCUT2D eigenvalue weighted by molar-refractivity contribution is -0.134. The van der Waals surface area contributed by atoms with Gasteiger partial charge in [-0.05, 0) is 31.2 Å². The number of ether oxygens (including phenoxy) is 1. The molecule has 0 atom stereocenters. The van der Waals surface area contributed by atoms with Crippen LogP contribution in [0.2, 0.25) is 0 Å². The van der Waals surface area contributed by atoms with E-state index in [0.29, 0.717) is 24.5 Å². The van der Waals surface area contributed by atoms with E-state index < -0.39 is 0 Å². The number of hydrogen-bond acceptors (Lipinski definition) is 4. The van der Waals surface area contributed by atoms with Gasteiger partial charge in [-0.15, -0.1) is 0 Å². The summed E-state index contributed by atoms with van der Waals surface area (Å²) < 4.78 is 10.7. The molecule has 2 aromatic rings. The molecule has 0 saturated carbocycles. The van der Waals surface area contributed by atoms with Crippen molar-refractivity contribution >= 4 is 11.6 Å². The number of carbonyl (C=O) groups is 1. The molecule has 0 aliphatic rings. The van der Waals surface area contributed by atoms with Gasteiger partial charge < -0.3 is 19.8 Å². The minimum absolute atomic E-state index is 0.0159. The van der Waals surface area contributed by atoms with Crippen LogP contribution in [0.15, 0.2) is 47.1 Å². The molecule has 0 aliphatic heterocycles. The maximum atomic E-state index is 12.1. The molecule has 0 aliphatic carbocycles. The Hall–Kier alpha value is -2.43. The molecule has 0 radical (unpaired) electrons. The molecular formula is C15H18N2O3. The minimum Gasteiger partial charge on any atom is -0.484 e. The van der Waals surface area contributed by atoms with Crippen LogP contribution in [0.1, 0.15) is 12.7 Å². The Bertz CT molecular complexity index is 552. The van der Waals surface area contributed by atoms with Crippen LogP contribution in [0.5, 0.6) is 5.75 Å². The first-order valence-electron chi connectivity index (χ1n) is 6.47. The monoisotopic (exact) mass is 274 g/mol. The van der Waals surface area contributed by atoms with Crippen molar-refractivity contribution in [3.05, 3.63) is 48.4 Å². The third-order valence-electron chi connectivity index (χ3n) is 2.88. The summed E-state index contributed by atoms with van der Waals surface area (Å²) in [4.78, 5) is 13.8. The number of carbonyl (C=O) groups excluding carboxylic acids is 1. The topological polar surface area (TPSA) is 68.7 Å². The Morgan fingerprint density at radius 3 is 2.85 bits per heavy atom. The van der Waals surface area contributed by atoms with E-state index >= 15 is 0 Å². The quantitative estimate of drug-likeness (QED) is 0.821. The Labute approximate surface area is 117 Å². The largest absolute Gasteiger partial charge is 0.484 e. The fourth-order valence-corrected chi connectivity index (χ4v) is 1.81. The molecule has 2 rings (SSSR count). The Morgan fingerprint density at radius 2 is 2.20 bits per heavy atom. The maximum Gasteiger partial charge on any atom is 0.260 e. The fraction of sp³-hybridized carbons (Fsp3) is 0.267. The van der Waals surface area contributed by atoms with Crippen molar-refractivity contribution in [3.63, 3.8) is 0 Å². The molecule has 1 heterocycles. The number of hydrogen-bond donors (Lipinski definition) is 1. The van der Waals surface area contributed by atoms with Crippen LogP contribution in [-0.4, -0.2) is 24.0 Å². The normalized spacial score (nSPS) is 10.2. The first-order chi connectivity index (χ1) is 9.69. The number of amides is 1. The van der Waals surface area contributed by atoms with Gasteiger partial charge in [-0.25, -0.2) is 0 Å².